The molecule has 1 N–H and O–H groups in total. The van der Waals surface area contributed by atoms with Crippen molar-refractivity contribution in [3.63, 3.8) is 0 Å². The van der Waals surface area contributed by atoms with Gasteiger partial charge in [-0.1, -0.05) is 6.07 Å². The molecule has 0 saturated heterocycles. The molecule has 0 fully saturated rings. The second kappa shape index (κ2) is 5.77. The van der Waals surface area contributed by atoms with Crippen molar-refractivity contribution in [3.8, 4) is 11.5 Å². The van der Waals surface area contributed by atoms with Crippen molar-refractivity contribution in [3.05, 3.63) is 46.3 Å². The first-order valence-electron chi connectivity index (χ1n) is 6.66. The Hall–Kier alpha value is -2.80. The molecule has 0 unspecified atom stereocenters. The maximum Gasteiger partial charge on any atom is 0.301 e. The summed E-state index contributed by atoms with van der Waals surface area (Å²) in [6.45, 7) is 0. The zero-order chi connectivity index (χ0) is 16.6. The normalized spacial score (nSPS) is 14.6. The molecule has 0 bridgehead atoms. The van der Waals surface area contributed by atoms with Gasteiger partial charge in [0.25, 0.3) is 5.91 Å². The maximum atomic E-state index is 12.6. The minimum Gasteiger partial charge on any atom is -0.502 e. The van der Waals surface area contributed by atoms with Gasteiger partial charge in [0, 0.05) is 10.9 Å². The first-order valence-corrected chi connectivity index (χ1v) is 7.54. The summed E-state index contributed by atoms with van der Waals surface area (Å²) in [5, 5.41) is 11.8. The van der Waals surface area contributed by atoms with Gasteiger partial charge in [-0.2, -0.15) is 0 Å². The van der Waals surface area contributed by atoms with Crippen LogP contribution in [0, 0.1) is 0 Å². The molecule has 23 heavy (non-hydrogen) atoms. The van der Waals surface area contributed by atoms with Crippen molar-refractivity contribution in [2.45, 2.75) is 0 Å². The van der Waals surface area contributed by atoms with E-state index in [0.29, 0.717) is 22.1 Å². The first-order chi connectivity index (χ1) is 11.1. The highest BCUT2D eigenvalue weighted by Crippen LogP contribution is 2.37. The van der Waals surface area contributed by atoms with Crippen molar-refractivity contribution in [2.24, 2.45) is 0 Å². The molecule has 1 aromatic heterocycles. The zero-order valence-electron chi connectivity index (χ0n) is 12.4. The van der Waals surface area contributed by atoms with E-state index in [1.807, 2.05) is 0 Å². The highest BCUT2D eigenvalue weighted by Gasteiger charge is 2.40. The van der Waals surface area contributed by atoms with Gasteiger partial charge in [0.1, 0.15) is 5.57 Å². The third-order valence-corrected chi connectivity index (χ3v) is 4.34. The van der Waals surface area contributed by atoms with Crippen molar-refractivity contribution in [2.75, 3.05) is 19.1 Å². The number of amides is 2. The lowest BCUT2D eigenvalue weighted by Gasteiger charge is -2.16. The molecule has 2 amide bonds. The van der Waals surface area contributed by atoms with Gasteiger partial charge in [-0.15, -0.1) is 11.3 Å². The quantitative estimate of drug-likeness (QED) is 0.872. The summed E-state index contributed by atoms with van der Waals surface area (Å²) in [5.74, 6) is -1.01. The molecule has 118 valence electrons. The summed E-state index contributed by atoms with van der Waals surface area (Å²) in [4.78, 5) is 26.4. The van der Waals surface area contributed by atoms with Gasteiger partial charge in [0.2, 0.25) is 0 Å². The van der Waals surface area contributed by atoms with Crippen LogP contribution in [-0.2, 0) is 9.59 Å². The van der Waals surface area contributed by atoms with Crippen LogP contribution in [0.1, 0.15) is 4.88 Å². The van der Waals surface area contributed by atoms with Crippen LogP contribution in [0.3, 0.4) is 0 Å². The fourth-order valence-corrected chi connectivity index (χ4v) is 3.12. The van der Waals surface area contributed by atoms with Crippen LogP contribution in [0.2, 0.25) is 0 Å². The Labute approximate surface area is 136 Å². The van der Waals surface area contributed by atoms with Crippen molar-refractivity contribution in [1.29, 1.82) is 0 Å². The molecule has 0 spiro atoms. The number of aliphatic hydroxyl groups is 1. The number of carbonyl (C=O) groups is 2. The zero-order valence-corrected chi connectivity index (χ0v) is 13.2. The SMILES string of the molecule is COc1ccc(N2C(=O)C(O)=C(c3cccs3)C2=O)cc1OC. The lowest BCUT2D eigenvalue weighted by Crippen LogP contribution is -2.31. The molecule has 1 aromatic carbocycles. The Balaban J connectivity index is 2.03. The highest BCUT2D eigenvalue weighted by molar-refractivity contribution is 7.11. The van der Waals surface area contributed by atoms with Gasteiger partial charge in [-0.05, 0) is 23.6 Å². The van der Waals surface area contributed by atoms with E-state index in [9.17, 15) is 14.7 Å². The number of nitrogens with zero attached hydrogens (tertiary/aromatic N) is 1. The molecular weight excluding hydrogens is 318 g/mol. The van der Waals surface area contributed by atoms with Gasteiger partial charge >= 0.3 is 5.91 Å². The number of benzene rings is 1. The van der Waals surface area contributed by atoms with Crippen LogP contribution in [0.4, 0.5) is 5.69 Å². The van der Waals surface area contributed by atoms with E-state index in [0.717, 1.165) is 4.90 Å². The third kappa shape index (κ3) is 2.35. The number of ether oxygens (including phenoxy) is 2. The number of hydrogen-bond donors (Lipinski definition) is 1. The minimum absolute atomic E-state index is 0.0137. The van der Waals surface area contributed by atoms with Gasteiger partial charge in [0.15, 0.2) is 17.3 Å². The molecule has 0 radical (unpaired) electrons. The number of carbonyl (C=O) groups excluding carboxylic acids is 2. The van der Waals surface area contributed by atoms with Crippen molar-refractivity contribution >= 4 is 34.4 Å². The average molecular weight is 331 g/mol. The third-order valence-electron chi connectivity index (χ3n) is 3.45. The Kier molecular flexibility index (Phi) is 3.79. The fraction of sp³-hybridized carbons (Fsp3) is 0.125. The molecule has 1 aliphatic heterocycles. The molecule has 3 rings (SSSR count). The molecule has 0 aliphatic carbocycles. The molecule has 0 saturated carbocycles. The smallest absolute Gasteiger partial charge is 0.301 e. The minimum atomic E-state index is -0.759. The van der Waals surface area contributed by atoms with Crippen LogP contribution < -0.4 is 14.4 Å². The van der Waals surface area contributed by atoms with E-state index < -0.39 is 17.6 Å². The Morgan fingerprint density at radius 1 is 1.04 bits per heavy atom. The highest BCUT2D eigenvalue weighted by atomic mass is 32.1. The van der Waals surface area contributed by atoms with E-state index in [1.54, 1.807) is 29.6 Å². The van der Waals surface area contributed by atoms with E-state index in [4.69, 9.17) is 9.47 Å². The number of imide groups is 1. The fourth-order valence-electron chi connectivity index (χ4n) is 2.36. The summed E-state index contributed by atoms with van der Waals surface area (Å²) in [6, 6.07) is 8.09. The predicted molar refractivity (Wildman–Crippen MR) is 85.9 cm³/mol. The lowest BCUT2D eigenvalue weighted by molar-refractivity contribution is -0.121. The molecule has 0 atom stereocenters. The standard InChI is InChI=1S/C16H13NO5S/c1-21-10-6-5-9(8-11(10)22-2)17-15(19)13(14(18)16(17)20)12-4-3-7-23-12/h3-8,18H,1-2H3. The van der Waals surface area contributed by atoms with Crippen molar-refractivity contribution in [1.82, 2.24) is 0 Å². The number of methoxy groups -OCH3 is 2. The molecule has 1 aliphatic rings. The number of aliphatic hydroxyl groups excluding tert-OH is 1. The van der Waals surface area contributed by atoms with Gasteiger partial charge in [-0.25, -0.2) is 4.90 Å². The van der Waals surface area contributed by atoms with Gasteiger partial charge in [-0.3, -0.25) is 9.59 Å². The van der Waals surface area contributed by atoms with E-state index in [-0.39, 0.29) is 5.57 Å². The van der Waals surface area contributed by atoms with Crippen LogP contribution in [0.15, 0.2) is 41.5 Å². The molecule has 2 aromatic rings. The van der Waals surface area contributed by atoms with Crippen LogP contribution in [0.25, 0.3) is 5.57 Å². The number of anilines is 1. The van der Waals surface area contributed by atoms with Gasteiger partial charge < -0.3 is 14.6 Å². The number of hydrogen-bond acceptors (Lipinski definition) is 6. The molecule has 2 heterocycles. The molecule has 6 nitrogen and oxygen atoms in total. The van der Waals surface area contributed by atoms with E-state index in [1.165, 1.54) is 31.6 Å². The Bertz CT molecular complexity index is 810. The summed E-state index contributed by atoms with van der Waals surface area (Å²) in [6.07, 6.45) is 0. The largest absolute Gasteiger partial charge is 0.502 e. The van der Waals surface area contributed by atoms with Crippen LogP contribution in [-0.4, -0.2) is 31.1 Å². The van der Waals surface area contributed by atoms with Crippen LogP contribution >= 0.6 is 11.3 Å². The second-order valence-corrected chi connectivity index (χ2v) is 5.63. The van der Waals surface area contributed by atoms with Crippen molar-refractivity contribution < 1.29 is 24.2 Å². The summed E-state index contributed by atoms with van der Waals surface area (Å²) >= 11 is 1.28. The number of rotatable bonds is 4. The Morgan fingerprint density at radius 3 is 2.39 bits per heavy atom. The molecular formula is C16H13NO5S. The maximum absolute atomic E-state index is 12.6. The summed E-state index contributed by atoms with van der Waals surface area (Å²) < 4.78 is 10.3. The monoisotopic (exact) mass is 331 g/mol. The number of thiophene rings is 1. The predicted octanol–water partition coefficient (Wildman–Crippen LogP) is 2.61. The Morgan fingerprint density at radius 2 is 1.78 bits per heavy atom. The first kappa shape index (κ1) is 15.1. The summed E-state index contributed by atoms with van der Waals surface area (Å²) in [7, 11) is 2.95. The second-order valence-electron chi connectivity index (χ2n) is 4.69. The topological polar surface area (TPSA) is 76.1 Å². The average Bonchev–Trinajstić information content (AvgIpc) is 3.15. The molecule has 7 heteroatoms. The van der Waals surface area contributed by atoms with E-state index in [2.05, 4.69) is 0 Å². The van der Waals surface area contributed by atoms with Gasteiger partial charge in [0.05, 0.1) is 19.9 Å². The summed E-state index contributed by atoms with van der Waals surface area (Å²) in [5.41, 5.74) is 0.315. The van der Waals surface area contributed by atoms with E-state index >= 15 is 0 Å². The lowest BCUT2D eigenvalue weighted by atomic mass is 10.2. The van der Waals surface area contributed by atoms with Crippen LogP contribution in [0.5, 0.6) is 11.5 Å².